The number of carbonyl (C=O) groups is 2. The number of hydrogen-bond donors (Lipinski definition) is 3. The van der Waals surface area contributed by atoms with Crippen molar-refractivity contribution in [2.75, 3.05) is 31.7 Å². The molecule has 0 spiro atoms. The Labute approximate surface area is 157 Å². The third-order valence-electron chi connectivity index (χ3n) is 4.96. The molecule has 1 aromatic rings. The number of para-hydroxylation sites is 2. The van der Waals surface area contributed by atoms with Gasteiger partial charge in [-0.25, -0.2) is 9.18 Å². The van der Waals surface area contributed by atoms with Crippen molar-refractivity contribution in [3.05, 3.63) is 24.3 Å². The minimum Gasteiger partial charge on any atom is -0.489 e. The van der Waals surface area contributed by atoms with Crippen LogP contribution in [0.4, 0.5) is 14.9 Å². The predicted octanol–water partition coefficient (Wildman–Crippen LogP) is 2.48. The molecule has 0 radical (unpaired) electrons. The van der Waals surface area contributed by atoms with E-state index in [0.717, 1.165) is 19.4 Å². The van der Waals surface area contributed by atoms with E-state index < -0.39 is 12.6 Å². The number of aliphatic carboxylic acids is 1. The lowest BCUT2D eigenvalue weighted by Gasteiger charge is -2.42. The van der Waals surface area contributed by atoms with Gasteiger partial charge in [0.1, 0.15) is 19.0 Å². The molecule has 2 amide bonds. The number of nitrogens with one attached hydrogen (secondary N) is 2. The molecule has 1 aromatic carbocycles. The quantitative estimate of drug-likeness (QED) is 0.581. The topological polar surface area (TPSA) is 90.9 Å². The summed E-state index contributed by atoms with van der Waals surface area (Å²) in [4.78, 5) is 25.3. The minimum atomic E-state index is -0.810. The molecule has 3 N–H and O–H groups in total. The summed E-state index contributed by atoms with van der Waals surface area (Å²) < 4.78 is 17.6. The van der Waals surface area contributed by atoms with E-state index in [1.54, 1.807) is 24.3 Å². The average molecular weight is 379 g/mol. The zero-order valence-electron chi connectivity index (χ0n) is 15.2. The minimum absolute atomic E-state index is 0.0180. The number of anilines is 1. The smallest absolute Gasteiger partial charge is 0.319 e. The molecule has 8 heteroatoms. The predicted molar refractivity (Wildman–Crippen MR) is 98.8 cm³/mol. The Morgan fingerprint density at radius 1 is 1.26 bits per heavy atom. The standard InChI is InChI=1S/C19H26FN3O4/c20-7-8-27-17-4-2-1-3-16(17)22-19(26)21-14-9-15(10-14)23(12-18(24)25)11-13-5-6-13/h1-4,13-15H,5-12H2,(H,24,25)(H2,21,22,26). The Morgan fingerprint density at radius 2 is 2.00 bits per heavy atom. The fraction of sp³-hybridized carbons (Fsp3) is 0.579. The van der Waals surface area contributed by atoms with Crippen LogP contribution in [0, 0.1) is 5.92 Å². The summed E-state index contributed by atoms with van der Waals surface area (Å²) >= 11 is 0. The van der Waals surface area contributed by atoms with Crippen LogP contribution in [0.2, 0.25) is 0 Å². The fourth-order valence-corrected chi connectivity index (χ4v) is 3.34. The molecule has 0 aliphatic heterocycles. The fourth-order valence-electron chi connectivity index (χ4n) is 3.34. The second-order valence-corrected chi connectivity index (χ2v) is 7.22. The summed E-state index contributed by atoms with van der Waals surface area (Å²) in [7, 11) is 0. The molecule has 148 valence electrons. The van der Waals surface area contributed by atoms with Crippen molar-refractivity contribution < 1.29 is 23.8 Å². The molecule has 2 aliphatic rings. The lowest BCUT2D eigenvalue weighted by Crippen LogP contribution is -2.55. The molecule has 0 bridgehead atoms. The maximum absolute atomic E-state index is 12.3. The molecular formula is C19H26FN3O4. The van der Waals surface area contributed by atoms with Crippen LogP contribution >= 0.6 is 0 Å². The van der Waals surface area contributed by atoms with Gasteiger partial charge in [0.05, 0.1) is 12.2 Å². The number of benzene rings is 1. The molecule has 0 aromatic heterocycles. The SMILES string of the molecule is O=C(O)CN(CC1CC1)C1CC(NC(=O)Nc2ccccc2OCCF)C1. The van der Waals surface area contributed by atoms with Crippen LogP contribution in [0.25, 0.3) is 0 Å². The van der Waals surface area contributed by atoms with Gasteiger partial charge in [-0.15, -0.1) is 0 Å². The van der Waals surface area contributed by atoms with Crippen molar-refractivity contribution in [3.63, 3.8) is 0 Å². The number of halogens is 1. The van der Waals surface area contributed by atoms with E-state index in [-0.39, 0.29) is 31.3 Å². The molecule has 2 saturated carbocycles. The van der Waals surface area contributed by atoms with Gasteiger partial charge in [0.15, 0.2) is 0 Å². The number of alkyl halides is 1. The van der Waals surface area contributed by atoms with Crippen molar-refractivity contribution in [1.29, 1.82) is 0 Å². The van der Waals surface area contributed by atoms with E-state index in [1.165, 1.54) is 12.8 Å². The van der Waals surface area contributed by atoms with Gasteiger partial charge < -0.3 is 20.5 Å². The summed E-state index contributed by atoms with van der Waals surface area (Å²) in [5.74, 6) is 0.240. The molecule has 7 nitrogen and oxygen atoms in total. The van der Waals surface area contributed by atoms with E-state index >= 15 is 0 Å². The maximum atomic E-state index is 12.3. The van der Waals surface area contributed by atoms with Crippen LogP contribution < -0.4 is 15.4 Å². The monoisotopic (exact) mass is 379 g/mol. The van der Waals surface area contributed by atoms with Crippen molar-refractivity contribution in [2.24, 2.45) is 5.92 Å². The van der Waals surface area contributed by atoms with E-state index in [0.29, 0.717) is 17.4 Å². The second-order valence-electron chi connectivity index (χ2n) is 7.22. The zero-order valence-corrected chi connectivity index (χ0v) is 15.2. The van der Waals surface area contributed by atoms with Crippen molar-refractivity contribution >= 4 is 17.7 Å². The van der Waals surface area contributed by atoms with Gasteiger partial charge in [-0.2, -0.15) is 0 Å². The first-order valence-corrected chi connectivity index (χ1v) is 9.36. The number of rotatable bonds is 10. The number of hydrogen-bond acceptors (Lipinski definition) is 4. The summed E-state index contributed by atoms with van der Waals surface area (Å²) in [5.41, 5.74) is 0.487. The molecule has 0 unspecified atom stereocenters. The van der Waals surface area contributed by atoms with E-state index in [1.807, 2.05) is 4.90 Å². The summed E-state index contributed by atoms with van der Waals surface area (Å²) in [5, 5.41) is 14.7. The summed E-state index contributed by atoms with van der Waals surface area (Å²) in [6.07, 6.45) is 3.84. The lowest BCUT2D eigenvalue weighted by molar-refractivity contribution is -0.139. The summed E-state index contributed by atoms with van der Waals surface area (Å²) in [6, 6.07) is 6.76. The molecular weight excluding hydrogens is 353 g/mol. The van der Waals surface area contributed by atoms with E-state index in [2.05, 4.69) is 10.6 Å². The molecule has 27 heavy (non-hydrogen) atoms. The highest BCUT2D eigenvalue weighted by atomic mass is 19.1. The van der Waals surface area contributed by atoms with Crippen molar-refractivity contribution in [2.45, 2.75) is 37.8 Å². The lowest BCUT2D eigenvalue weighted by atomic mass is 9.85. The first-order chi connectivity index (χ1) is 13.0. The highest BCUT2D eigenvalue weighted by Gasteiger charge is 2.37. The molecule has 2 fully saturated rings. The molecule has 0 saturated heterocycles. The van der Waals surface area contributed by atoms with Crippen LogP contribution in [-0.2, 0) is 4.79 Å². The first-order valence-electron chi connectivity index (χ1n) is 9.36. The molecule has 3 rings (SSSR count). The maximum Gasteiger partial charge on any atom is 0.319 e. The number of amides is 2. The number of ether oxygens (including phenoxy) is 1. The Balaban J connectivity index is 1.45. The number of carboxylic acids is 1. The van der Waals surface area contributed by atoms with Crippen LogP contribution in [0.3, 0.4) is 0 Å². The van der Waals surface area contributed by atoms with E-state index in [4.69, 9.17) is 9.84 Å². The van der Waals surface area contributed by atoms with Gasteiger partial charge in [0, 0.05) is 18.6 Å². The van der Waals surface area contributed by atoms with Crippen molar-refractivity contribution in [3.8, 4) is 5.75 Å². The highest BCUT2D eigenvalue weighted by Crippen LogP contribution is 2.34. The first kappa shape index (κ1) is 19.4. The Morgan fingerprint density at radius 3 is 2.67 bits per heavy atom. The van der Waals surface area contributed by atoms with E-state index in [9.17, 15) is 14.0 Å². The normalized spacial score (nSPS) is 21.4. The molecule has 0 heterocycles. The Bertz CT molecular complexity index is 662. The van der Waals surface area contributed by atoms with Gasteiger partial charge in [-0.3, -0.25) is 9.69 Å². The van der Waals surface area contributed by atoms with Gasteiger partial charge in [0.2, 0.25) is 0 Å². The van der Waals surface area contributed by atoms with Crippen LogP contribution in [0.5, 0.6) is 5.75 Å². The van der Waals surface area contributed by atoms with Crippen molar-refractivity contribution in [1.82, 2.24) is 10.2 Å². The van der Waals surface area contributed by atoms with Gasteiger partial charge in [-0.05, 0) is 43.7 Å². The van der Waals surface area contributed by atoms with Crippen LogP contribution in [0.1, 0.15) is 25.7 Å². The largest absolute Gasteiger partial charge is 0.489 e. The molecule has 0 atom stereocenters. The Hall–Kier alpha value is -2.35. The number of carboxylic acid groups (broad SMARTS) is 1. The molecule has 2 aliphatic carbocycles. The van der Waals surface area contributed by atoms with Crippen LogP contribution in [-0.4, -0.2) is 60.5 Å². The summed E-state index contributed by atoms with van der Waals surface area (Å²) in [6.45, 7) is 0.219. The van der Waals surface area contributed by atoms with Crippen LogP contribution in [0.15, 0.2) is 24.3 Å². The Kier molecular flexibility index (Phi) is 6.49. The average Bonchev–Trinajstić information content (AvgIpc) is 3.40. The zero-order chi connectivity index (χ0) is 19.2. The number of urea groups is 1. The number of nitrogens with zero attached hydrogens (tertiary/aromatic N) is 1. The van der Waals surface area contributed by atoms with Gasteiger partial charge >= 0.3 is 12.0 Å². The third kappa shape index (κ3) is 5.82. The highest BCUT2D eigenvalue weighted by molar-refractivity contribution is 5.91. The van der Waals surface area contributed by atoms with Gasteiger partial charge in [0.25, 0.3) is 0 Å². The number of carbonyl (C=O) groups excluding carboxylic acids is 1. The third-order valence-corrected chi connectivity index (χ3v) is 4.96. The second kappa shape index (κ2) is 9.03. The van der Waals surface area contributed by atoms with Gasteiger partial charge in [-0.1, -0.05) is 12.1 Å².